The minimum atomic E-state index is -0.509. The maximum atomic E-state index is 12.0. The lowest BCUT2D eigenvalue weighted by Gasteiger charge is -2.22. The van der Waals surface area contributed by atoms with Crippen molar-refractivity contribution in [3.63, 3.8) is 0 Å². The standard InChI is InChI=1S/C17H27NO4S/c1-11(14(19)21-16(2,3)4)18-9-12-8-13(23-10-12)15(20)22-17(5,6)7/h8,10-11,18H,9H2,1-7H3/t11-/m0/s1. The zero-order chi connectivity index (χ0) is 17.8. The molecule has 1 N–H and O–H groups in total. The van der Waals surface area contributed by atoms with Crippen molar-refractivity contribution in [2.75, 3.05) is 0 Å². The van der Waals surface area contributed by atoms with Gasteiger partial charge in [-0.15, -0.1) is 11.3 Å². The van der Waals surface area contributed by atoms with Crippen molar-refractivity contribution in [3.05, 3.63) is 21.9 Å². The van der Waals surface area contributed by atoms with Crippen LogP contribution in [0.3, 0.4) is 0 Å². The Bertz CT molecular complexity index is 552. The van der Waals surface area contributed by atoms with E-state index in [1.165, 1.54) is 11.3 Å². The molecule has 130 valence electrons. The van der Waals surface area contributed by atoms with E-state index in [4.69, 9.17) is 9.47 Å². The molecule has 0 aliphatic heterocycles. The maximum Gasteiger partial charge on any atom is 0.348 e. The fraction of sp³-hybridized carbons (Fsp3) is 0.647. The number of hydrogen-bond donors (Lipinski definition) is 1. The van der Waals surface area contributed by atoms with Crippen molar-refractivity contribution < 1.29 is 19.1 Å². The van der Waals surface area contributed by atoms with Gasteiger partial charge in [0.1, 0.15) is 22.1 Å². The third-order valence-corrected chi connectivity index (χ3v) is 3.59. The van der Waals surface area contributed by atoms with Gasteiger partial charge in [-0.1, -0.05) is 0 Å². The number of nitrogens with one attached hydrogen (secondary N) is 1. The lowest BCUT2D eigenvalue weighted by atomic mass is 10.2. The van der Waals surface area contributed by atoms with E-state index >= 15 is 0 Å². The largest absolute Gasteiger partial charge is 0.459 e. The van der Waals surface area contributed by atoms with Gasteiger partial charge in [0.15, 0.2) is 0 Å². The summed E-state index contributed by atoms with van der Waals surface area (Å²) in [5.74, 6) is -0.617. The van der Waals surface area contributed by atoms with Gasteiger partial charge in [0.2, 0.25) is 0 Å². The first-order chi connectivity index (χ1) is 10.4. The predicted octanol–water partition coefficient (Wildman–Crippen LogP) is 3.52. The van der Waals surface area contributed by atoms with Crippen LogP contribution < -0.4 is 5.32 Å². The van der Waals surface area contributed by atoms with Crippen LogP contribution in [0.25, 0.3) is 0 Å². The summed E-state index contributed by atoms with van der Waals surface area (Å²) in [6.45, 7) is 13.3. The van der Waals surface area contributed by atoms with Gasteiger partial charge < -0.3 is 14.8 Å². The summed E-state index contributed by atoms with van der Waals surface area (Å²) in [6.07, 6.45) is 0. The van der Waals surface area contributed by atoms with Crippen LogP contribution in [-0.4, -0.2) is 29.2 Å². The molecule has 0 unspecified atom stereocenters. The number of carbonyl (C=O) groups excluding carboxylic acids is 2. The van der Waals surface area contributed by atoms with E-state index in [-0.39, 0.29) is 11.9 Å². The van der Waals surface area contributed by atoms with Gasteiger partial charge in [0.25, 0.3) is 0 Å². The molecule has 1 rings (SSSR count). The van der Waals surface area contributed by atoms with Crippen LogP contribution in [0.15, 0.2) is 11.4 Å². The maximum absolute atomic E-state index is 12.0. The van der Waals surface area contributed by atoms with Crippen molar-refractivity contribution in [1.29, 1.82) is 0 Å². The van der Waals surface area contributed by atoms with Crippen LogP contribution in [-0.2, 0) is 20.8 Å². The van der Waals surface area contributed by atoms with E-state index in [0.717, 1.165) is 5.56 Å². The van der Waals surface area contributed by atoms with Gasteiger partial charge in [-0.3, -0.25) is 4.79 Å². The summed E-state index contributed by atoms with van der Waals surface area (Å²) in [5, 5.41) is 4.98. The van der Waals surface area contributed by atoms with Gasteiger partial charge in [0.05, 0.1) is 0 Å². The van der Waals surface area contributed by atoms with Crippen molar-refractivity contribution in [3.8, 4) is 0 Å². The normalized spacial score (nSPS) is 13.5. The first-order valence-electron chi connectivity index (χ1n) is 7.64. The van der Waals surface area contributed by atoms with Crippen molar-refractivity contribution in [1.82, 2.24) is 5.32 Å². The number of carbonyl (C=O) groups is 2. The number of hydrogen-bond acceptors (Lipinski definition) is 6. The number of thiophene rings is 1. The Hall–Kier alpha value is -1.40. The van der Waals surface area contributed by atoms with Crippen molar-refractivity contribution in [2.45, 2.75) is 72.3 Å². The summed E-state index contributed by atoms with van der Waals surface area (Å²) in [7, 11) is 0. The molecule has 5 nitrogen and oxygen atoms in total. The second-order valence-corrected chi connectivity index (χ2v) is 8.37. The molecule has 0 spiro atoms. The molecule has 0 amide bonds. The summed E-state index contributed by atoms with van der Waals surface area (Å²) in [4.78, 5) is 24.4. The zero-order valence-corrected chi connectivity index (χ0v) is 15.8. The Balaban J connectivity index is 2.54. The van der Waals surface area contributed by atoms with Gasteiger partial charge in [-0.2, -0.15) is 0 Å². The highest BCUT2D eigenvalue weighted by atomic mass is 32.1. The smallest absolute Gasteiger partial charge is 0.348 e. The highest BCUT2D eigenvalue weighted by Crippen LogP contribution is 2.19. The Morgan fingerprint density at radius 2 is 1.70 bits per heavy atom. The summed E-state index contributed by atoms with van der Waals surface area (Å²) in [6, 6.07) is 1.37. The summed E-state index contributed by atoms with van der Waals surface area (Å²) >= 11 is 1.34. The molecule has 0 saturated heterocycles. The second kappa shape index (κ2) is 7.45. The highest BCUT2D eigenvalue weighted by Gasteiger charge is 2.22. The monoisotopic (exact) mass is 341 g/mol. The first kappa shape index (κ1) is 19.6. The van der Waals surface area contributed by atoms with Crippen LogP contribution in [0.2, 0.25) is 0 Å². The van der Waals surface area contributed by atoms with Crippen LogP contribution in [0.4, 0.5) is 0 Å². The molecule has 1 heterocycles. The minimum absolute atomic E-state index is 0.292. The van der Waals surface area contributed by atoms with Gasteiger partial charge in [0, 0.05) is 6.54 Å². The molecule has 0 aromatic carbocycles. The molecular formula is C17H27NO4S. The molecule has 0 bridgehead atoms. The van der Waals surface area contributed by atoms with E-state index in [1.54, 1.807) is 13.0 Å². The average Bonchev–Trinajstić information content (AvgIpc) is 2.80. The summed E-state index contributed by atoms with van der Waals surface area (Å²) in [5.41, 5.74) is -0.0736. The Morgan fingerprint density at radius 1 is 1.13 bits per heavy atom. The molecule has 0 aliphatic rings. The predicted molar refractivity (Wildman–Crippen MR) is 91.6 cm³/mol. The van der Waals surface area contributed by atoms with Crippen molar-refractivity contribution >= 4 is 23.3 Å². The third kappa shape index (κ3) is 7.61. The van der Waals surface area contributed by atoms with Crippen LogP contribution >= 0.6 is 11.3 Å². The first-order valence-corrected chi connectivity index (χ1v) is 8.52. The fourth-order valence-corrected chi connectivity index (χ4v) is 2.44. The SMILES string of the molecule is C[C@H](NCc1csc(C(=O)OC(C)(C)C)c1)C(=O)OC(C)(C)C. The van der Waals surface area contributed by atoms with Gasteiger partial charge in [-0.25, -0.2) is 4.79 Å². The third-order valence-electron chi connectivity index (χ3n) is 2.63. The topological polar surface area (TPSA) is 64.6 Å². The lowest BCUT2D eigenvalue weighted by Crippen LogP contribution is -2.38. The van der Waals surface area contributed by atoms with Gasteiger partial charge in [-0.05, 0) is 65.5 Å². The minimum Gasteiger partial charge on any atom is -0.459 e. The molecular weight excluding hydrogens is 314 g/mol. The van der Waals surface area contributed by atoms with Crippen molar-refractivity contribution in [2.24, 2.45) is 0 Å². The molecule has 6 heteroatoms. The highest BCUT2D eigenvalue weighted by molar-refractivity contribution is 7.12. The second-order valence-electron chi connectivity index (χ2n) is 7.46. The fourth-order valence-electron chi connectivity index (χ4n) is 1.65. The van der Waals surface area contributed by atoms with E-state index < -0.39 is 17.2 Å². The van der Waals surface area contributed by atoms with E-state index in [9.17, 15) is 9.59 Å². The number of esters is 2. The molecule has 0 fully saturated rings. The molecule has 23 heavy (non-hydrogen) atoms. The van der Waals surface area contributed by atoms with Gasteiger partial charge >= 0.3 is 11.9 Å². The van der Waals surface area contributed by atoms with Crippen LogP contribution in [0.1, 0.15) is 63.7 Å². The Morgan fingerprint density at radius 3 is 2.22 bits per heavy atom. The van der Waals surface area contributed by atoms with E-state index in [1.807, 2.05) is 46.9 Å². The average molecular weight is 341 g/mol. The number of rotatable bonds is 5. The lowest BCUT2D eigenvalue weighted by molar-refractivity contribution is -0.157. The van der Waals surface area contributed by atoms with E-state index in [2.05, 4.69) is 5.32 Å². The molecule has 0 radical (unpaired) electrons. The zero-order valence-electron chi connectivity index (χ0n) is 15.0. The Labute approximate surface area is 142 Å². The van der Waals surface area contributed by atoms with Crippen LogP contribution in [0.5, 0.6) is 0 Å². The van der Waals surface area contributed by atoms with E-state index in [0.29, 0.717) is 11.4 Å². The molecule has 1 aromatic heterocycles. The van der Waals surface area contributed by atoms with Crippen LogP contribution in [0, 0.1) is 0 Å². The summed E-state index contributed by atoms with van der Waals surface area (Å²) < 4.78 is 10.6. The molecule has 1 atom stereocenters. The number of ether oxygens (including phenoxy) is 2. The molecule has 0 saturated carbocycles. The quantitative estimate of drug-likeness (QED) is 0.830. The molecule has 1 aromatic rings. The molecule has 0 aliphatic carbocycles. The Kier molecular flexibility index (Phi) is 6.36.